The van der Waals surface area contributed by atoms with Crippen molar-refractivity contribution in [2.24, 2.45) is 0 Å². The van der Waals surface area contributed by atoms with Crippen LogP contribution in [0.2, 0.25) is 5.02 Å². The average Bonchev–Trinajstić information content (AvgIpc) is 2.41. The summed E-state index contributed by atoms with van der Waals surface area (Å²) in [7, 11) is 1.95. The quantitative estimate of drug-likeness (QED) is 0.776. The third-order valence-electron chi connectivity index (χ3n) is 3.13. The van der Waals surface area contributed by atoms with E-state index in [4.69, 9.17) is 11.6 Å². The van der Waals surface area contributed by atoms with Gasteiger partial charge in [0.05, 0.1) is 6.54 Å². The largest absolute Gasteiger partial charge is 0.295 e. The van der Waals surface area contributed by atoms with Crippen molar-refractivity contribution in [3.05, 3.63) is 70.2 Å². The highest BCUT2D eigenvalue weighted by molar-refractivity contribution is 6.31. The Kier molecular flexibility index (Phi) is 4.94. The fourth-order valence-corrected chi connectivity index (χ4v) is 2.25. The van der Waals surface area contributed by atoms with Crippen LogP contribution in [0.25, 0.3) is 0 Å². The van der Waals surface area contributed by atoms with Crippen LogP contribution in [0.1, 0.15) is 21.5 Å². The Bertz CT molecular complexity index is 592. The molecule has 0 heterocycles. The van der Waals surface area contributed by atoms with Crippen LogP contribution in [0.15, 0.2) is 48.5 Å². The van der Waals surface area contributed by atoms with Crippen LogP contribution in [-0.2, 0) is 6.54 Å². The van der Waals surface area contributed by atoms with Gasteiger partial charge >= 0.3 is 0 Å². The number of hydrogen-bond acceptors (Lipinski definition) is 2. The molecule has 0 amide bonds. The predicted molar refractivity (Wildman–Crippen MR) is 83.3 cm³/mol. The molecule has 20 heavy (non-hydrogen) atoms. The highest BCUT2D eigenvalue weighted by atomic mass is 35.5. The minimum atomic E-state index is 0.0853. The number of carbonyl (C=O) groups is 1. The Balaban J connectivity index is 1.95. The third-order valence-corrected chi connectivity index (χ3v) is 3.37. The number of hydrogen-bond donors (Lipinski definition) is 0. The lowest BCUT2D eigenvalue weighted by molar-refractivity contribution is 0.0943. The summed E-state index contributed by atoms with van der Waals surface area (Å²) in [5.41, 5.74) is 3.11. The normalized spacial score (nSPS) is 10.8. The van der Waals surface area contributed by atoms with Crippen LogP contribution in [0.3, 0.4) is 0 Å². The van der Waals surface area contributed by atoms with Gasteiger partial charge in [0.15, 0.2) is 5.78 Å². The molecular weight excluding hydrogens is 270 g/mol. The maximum Gasteiger partial charge on any atom is 0.176 e. The first-order valence-electron chi connectivity index (χ1n) is 6.57. The number of likely N-dealkylation sites (N-methyl/N-ethyl adjacent to an activating group) is 1. The zero-order valence-corrected chi connectivity index (χ0v) is 12.5. The zero-order chi connectivity index (χ0) is 14.5. The lowest BCUT2D eigenvalue weighted by Gasteiger charge is -2.16. The number of benzene rings is 2. The second-order valence-electron chi connectivity index (χ2n) is 5.09. The molecule has 0 bridgehead atoms. The van der Waals surface area contributed by atoms with Crippen molar-refractivity contribution in [3.63, 3.8) is 0 Å². The molecule has 3 heteroatoms. The number of rotatable bonds is 5. The molecule has 0 aromatic heterocycles. The van der Waals surface area contributed by atoms with E-state index in [9.17, 15) is 4.79 Å². The van der Waals surface area contributed by atoms with Crippen LogP contribution in [0.4, 0.5) is 0 Å². The van der Waals surface area contributed by atoms with Crippen LogP contribution < -0.4 is 0 Å². The molecule has 0 N–H and O–H groups in total. The number of nitrogens with zero attached hydrogens (tertiary/aromatic N) is 1. The van der Waals surface area contributed by atoms with Crippen molar-refractivity contribution in [1.82, 2.24) is 4.90 Å². The van der Waals surface area contributed by atoms with Gasteiger partial charge in [-0.15, -0.1) is 0 Å². The van der Waals surface area contributed by atoms with Crippen LogP contribution in [0, 0.1) is 6.92 Å². The third kappa shape index (κ3) is 4.19. The first-order valence-corrected chi connectivity index (χ1v) is 6.95. The van der Waals surface area contributed by atoms with E-state index < -0.39 is 0 Å². The number of carbonyl (C=O) groups excluding carboxylic acids is 1. The van der Waals surface area contributed by atoms with E-state index in [1.165, 1.54) is 11.1 Å². The second kappa shape index (κ2) is 6.69. The molecule has 0 atom stereocenters. The second-order valence-corrected chi connectivity index (χ2v) is 5.53. The number of halogens is 1. The highest BCUT2D eigenvalue weighted by Crippen LogP contribution is 2.12. The van der Waals surface area contributed by atoms with Gasteiger partial charge in [-0.25, -0.2) is 0 Å². The van der Waals surface area contributed by atoms with Gasteiger partial charge in [0, 0.05) is 17.1 Å². The Labute approximate surface area is 125 Å². The SMILES string of the molecule is Cc1ccc(CN(C)CC(=O)c2cccc(Cl)c2)cc1. The summed E-state index contributed by atoms with van der Waals surface area (Å²) >= 11 is 5.90. The first-order chi connectivity index (χ1) is 9.54. The highest BCUT2D eigenvalue weighted by Gasteiger charge is 2.10. The molecule has 0 aliphatic rings. The number of aryl methyl sites for hydroxylation is 1. The average molecular weight is 288 g/mol. The molecule has 0 aliphatic carbocycles. The van der Waals surface area contributed by atoms with Crippen molar-refractivity contribution in [1.29, 1.82) is 0 Å². The van der Waals surface area contributed by atoms with E-state index in [1.54, 1.807) is 24.3 Å². The standard InChI is InChI=1S/C17H18ClNO/c1-13-6-8-14(9-7-13)11-19(2)12-17(20)15-4-3-5-16(18)10-15/h3-10H,11-12H2,1-2H3. The van der Waals surface area contributed by atoms with Crippen molar-refractivity contribution in [2.75, 3.05) is 13.6 Å². The summed E-state index contributed by atoms with van der Waals surface area (Å²) in [4.78, 5) is 14.2. The maximum atomic E-state index is 12.2. The topological polar surface area (TPSA) is 20.3 Å². The molecule has 0 aliphatic heterocycles. The summed E-state index contributed by atoms with van der Waals surface area (Å²) in [6.45, 7) is 3.21. The zero-order valence-electron chi connectivity index (χ0n) is 11.8. The lowest BCUT2D eigenvalue weighted by atomic mass is 10.1. The Morgan fingerprint density at radius 1 is 1.15 bits per heavy atom. The van der Waals surface area contributed by atoms with E-state index in [1.807, 2.05) is 11.9 Å². The van der Waals surface area contributed by atoms with Gasteiger partial charge in [0.25, 0.3) is 0 Å². The fraction of sp³-hybridized carbons (Fsp3) is 0.235. The van der Waals surface area contributed by atoms with Gasteiger partial charge in [-0.05, 0) is 31.7 Å². The molecule has 2 aromatic rings. The smallest absolute Gasteiger partial charge is 0.176 e. The predicted octanol–water partition coefficient (Wildman–Crippen LogP) is 3.96. The van der Waals surface area contributed by atoms with E-state index in [0.29, 0.717) is 17.1 Å². The Morgan fingerprint density at radius 2 is 1.85 bits per heavy atom. The number of ketones is 1. The molecule has 0 unspecified atom stereocenters. The van der Waals surface area contributed by atoms with E-state index in [0.717, 1.165) is 6.54 Å². The van der Waals surface area contributed by atoms with Crippen LogP contribution >= 0.6 is 11.6 Å². The molecule has 0 saturated heterocycles. The van der Waals surface area contributed by atoms with Crippen molar-refractivity contribution in [2.45, 2.75) is 13.5 Å². The Hall–Kier alpha value is -1.64. The minimum absolute atomic E-state index is 0.0853. The van der Waals surface area contributed by atoms with Crippen molar-refractivity contribution in [3.8, 4) is 0 Å². The summed E-state index contributed by atoms with van der Waals surface area (Å²) in [5, 5.41) is 0.594. The summed E-state index contributed by atoms with van der Waals surface area (Å²) < 4.78 is 0. The van der Waals surface area contributed by atoms with Crippen molar-refractivity contribution >= 4 is 17.4 Å². The van der Waals surface area contributed by atoms with Crippen LogP contribution in [0.5, 0.6) is 0 Å². The molecular formula is C17H18ClNO. The fourth-order valence-electron chi connectivity index (χ4n) is 2.06. The summed E-state index contributed by atoms with van der Waals surface area (Å²) in [6.07, 6.45) is 0. The van der Waals surface area contributed by atoms with E-state index >= 15 is 0 Å². The molecule has 2 nitrogen and oxygen atoms in total. The molecule has 0 saturated carbocycles. The first kappa shape index (κ1) is 14.8. The monoisotopic (exact) mass is 287 g/mol. The Morgan fingerprint density at radius 3 is 2.50 bits per heavy atom. The van der Waals surface area contributed by atoms with E-state index in [-0.39, 0.29) is 5.78 Å². The number of Topliss-reactive ketones (excluding diaryl/α,β-unsaturated/α-hetero) is 1. The van der Waals surface area contributed by atoms with Gasteiger partial charge in [0.1, 0.15) is 0 Å². The van der Waals surface area contributed by atoms with Gasteiger partial charge in [0.2, 0.25) is 0 Å². The van der Waals surface area contributed by atoms with Gasteiger partial charge in [-0.2, -0.15) is 0 Å². The lowest BCUT2D eigenvalue weighted by Crippen LogP contribution is -2.25. The molecule has 0 spiro atoms. The minimum Gasteiger partial charge on any atom is -0.295 e. The van der Waals surface area contributed by atoms with E-state index in [2.05, 4.69) is 31.2 Å². The molecule has 104 valence electrons. The van der Waals surface area contributed by atoms with Gasteiger partial charge in [-0.1, -0.05) is 53.6 Å². The maximum absolute atomic E-state index is 12.2. The van der Waals surface area contributed by atoms with Crippen LogP contribution in [-0.4, -0.2) is 24.3 Å². The van der Waals surface area contributed by atoms with Crippen molar-refractivity contribution < 1.29 is 4.79 Å². The molecule has 0 radical (unpaired) electrons. The van der Waals surface area contributed by atoms with Gasteiger partial charge in [-0.3, -0.25) is 9.69 Å². The van der Waals surface area contributed by atoms with Gasteiger partial charge < -0.3 is 0 Å². The summed E-state index contributed by atoms with van der Waals surface area (Å²) in [6, 6.07) is 15.4. The summed E-state index contributed by atoms with van der Waals surface area (Å²) in [5.74, 6) is 0.0853. The molecule has 2 aromatic carbocycles. The molecule has 0 fully saturated rings. The molecule has 2 rings (SSSR count).